The number of thiazole rings is 1. The van der Waals surface area contributed by atoms with Gasteiger partial charge in [0.15, 0.2) is 0 Å². The van der Waals surface area contributed by atoms with Crippen LogP contribution in [0.25, 0.3) is 0 Å². The highest BCUT2D eigenvalue weighted by Crippen LogP contribution is 2.27. The molecule has 23 heavy (non-hydrogen) atoms. The Morgan fingerprint density at radius 2 is 2.22 bits per heavy atom. The highest BCUT2D eigenvalue weighted by molar-refractivity contribution is 7.10. The van der Waals surface area contributed by atoms with E-state index in [0.29, 0.717) is 11.4 Å². The standard InChI is InChI=1S/C16H20FN3O2S/c1-10(2)13-14(19-9-23-13)20-15(21)18-8-16(3,22)11-5-4-6-12(17)7-11/h4-7,9-10,22H,8H2,1-3H3,(H2,18,20,21). The summed E-state index contributed by atoms with van der Waals surface area (Å²) in [7, 11) is 0. The fourth-order valence-corrected chi connectivity index (χ4v) is 2.85. The predicted molar refractivity (Wildman–Crippen MR) is 89.2 cm³/mol. The van der Waals surface area contributed by atoms with Crippen molar-refractivity contribution in [1.82, 2.24) is 10.3 Å². The number of nitrogens with one attached hydrogen (secondary N) is 2. The van der Waals surface area contributed by atoms with E-state index in [1.165, 1.54) is 36.5 Å². The van der Waals surface area contributed by atoms with Crippen LogP contribution < -0.4 is 10.6 Å². The number of urea groups is 1. The summed E-state index contributed by atoms with van der Waals surface area (Å²) in [6.07, 6.45) is 0. The van der Waals surface area contributed by atoms with Gasteiger partial charge < -0.3 is 10.4 Å². The second kappa shape index (κ2) is 7.06. The molecule has 2 rings (SSSR count). The third-order valence-corrected chi connectivity index (χ3v) is 4.52. The van der Waals surface area contributed by atoms with Gasteiger partial charge in [0.25, 0.3) is 0 Å². The molecule has 1 aromatic carbocycles. The molecule has 0 aliphatic carbocycles. The smallest absolute Gasteiger partial charge is 0.320 e. The minimum atomic E-state index is -1.37. The van der Waals surface area contributed by atoms with Crippen LogP contribution in [0, 0.1) is 5.82 Å². The quantitative estimate of drug-likeness (QED) is 0.782. The average molecular weight is 337 g/mol. The van der Waals surface area contributed by atoms with Gasteiger partial charge in [-0.05, 0) is 30.5 Å². The van der Waals surface area contributed by atoms with Gasteiger partial charge in [-0.3, -0.25) is 5.32 Å². The summed E-state index contributed by atoms with van der Waals surface area (Å²) in [6.45, 7) is 5.50. The highest BCUT2D eigenvalue weighted by Gasteiger charge is 2.24. The Hall–Kier alpha value is -1.99. The van der Waals surface area contributed by atoms with Crippen molar-refractivity contribution < 1.29 is 14.3 Å². The Balaban J connectivity index is 1.97. The third kappa shape index (κ3) is 4.49. The van der Waals surface area contributed by atoms with Gasteiger partial charge in [-0.2, -0.15) is 0 Å². The lowest BCUT2D eigenvalue weighted by atomic mass is 9.96. The fourth-order valence-electron chi connectivity index (χ4n) is 2.09. The average Bonchev–Trinajstić information content (AvgIpc) is 2.93. The summed E-state index contributed by atoms with van der Waals surface area (Å²) in [5.74, 6) is 0.345. The number of hydrogen-bond acceptors (Lipinski definition) is 4. The van der Waals surface area contributed by atoms with Crippen molar-refractivity contribution in [2.45, 2.75) is 32.3 Å². The van der Waals surface area contributed by atoms with Crippen LogP contribution in [0.1, 0.15) is 37.1 Å². The topological polar surface area (TPSA) is 74.2 Å². The van der Waals surface area contributed by atoms with Gasteiger partial charge in [0.1, 0.15) is 17.2 Å². The lowest BCUT2D eigenvalue weighted by molar-refractivity contribution is 0.0596. The molecular weight excluding hydrogens is 317 g/mol. The zero-order valence-electron chi connectivity index (χ0n) is 13.3. The summed E-state index contributed by atoms with van der Waals surface area (Å²) in [6, 6.07) is 5.21. The van der Waals surface area contributed by atoms with Crippen LogP contribution >= 0.6 is 11.3 Å². The predicted octanol–water partition coefficient (Wildman–Crippen LogP) is 3.43. The van der Waals surface area contributed by atoms with Crippen LogP contribution in [0.2, 0.25) is 0 Å². The maximum atomic E-state index is 13.3. The Labute approximate surface area is 138 Å². The van der Waals surface area contributed by atoms with E-state index < -0.39 is 17.4 Å². The zero-order chi connectivity index (χ0) is 17.0. The van der Waals surface area contributed by atoms with Gasteiger partial charge >= 0.3 is 6.03 Å². The molecule has 0 spiro atoms. The first kappa shape index (κ1) is 17.4. The summed E-state index contributed by atoms with van der Waals surface area (Å²) in [5.41, 5.74) is 0.699. The van der Waals surface area contributed by atoms with Crippen LogP contribution in [-0.4, -0.2) is 22.7 Å². The van der Waals surface area contributed by atoms with Gasteiger partial charge in [0, 0.05) is 0 Å². The monoisotopic (exact) mass is 337 g/mol. The van der Waals surface area contributed by atoms with Gasteiger partial charge in [-0.15, -0.1) is 11.3 Å². The summed E-state index contributed by atoms with van der Waals surface area (Å²) in [5, 5.41) is 15.7. The number of rotatable bonds is 5. The number of benzene rings is 1. The molecule has 0 radical (unpaired) electrons. The largest absolute Gasteiger partial charge is 0.384 e. The first-order valence-electron chi connectivity index (χ1n) is 7.26. The van der Waals surface area contributed by atoms with Gasteiger partial charge in [-0.1, -0.05) is 26.0 Å². The maximum Gasteiger partial charge on any atom is 0.320 e. The molecule has 1 unspecified atom stereocenters. The molecule has 0 bridgehead atoms. The van der Waals surface area contributed by atoms with Crippen molar-refractivity contribution in [2.24, 2.45) is 0 Å². The van der Waals surface area contributed by atoms with E-state index >= 15 is 0 Å². The van der Waals surface area contributed by atoms with E-state index in [4.69, 9.17) is 0 Å². The highest BCUT2D eigenvalue weighted by atomic mass is 32.1. The van der Waals surface area contributed by atoms with Gasteiger partial charge in [-0.25, -0.2) is 14.2 Å². The van der Waals surface area contributed by atoms with Crippen molar-refractivity contribution in [3.8, 4) is 0 Å². The number of anilines is 1. The number of carbonyl (C=O) groups is 1. The molecule has 1 heterocycles. The van der Waals surface area contributed by atoms with E-state index in [0.717, 1.165) is 4.88 Å². The zero-order valence-corrected chi connectivity index (χ0v) is 14.1. The first-order valence-corrected chi connectivity index (χ1v) is 8.14. The first-order chi connectivity index (χ1) is 10.8. The molecule has 0 fully saturated rings. The molecule has 124 valence electrons. The molecule has 0 aliphatic heterocycles. The van der Waals surface area contributed by atoms with Crippen LogP contribution in [-0.2, 0) is 5.60 Å². The van der Waals surface area contributed by atoms with Crippen molar-refractivity contribution in [3.05, 3.63) is 46.0 Å². The van der Waals surface area contributed by atoms with Crippen molar-refractivity contribution >= 4 is 23.2 Å². The summed E-state index contributed by atoms with van der Waals surface area (Å²) in [4.78, 5) is 17.1. The Kier molecular flexibility index (Phi) is 5.33. The molecule has 3 N–H and O–H groups in total. The Morgan fingerprint density at radius 3 is 2.87 bits per heavy atom. The SMILES string of the molecule is CC(C)c1scnc1NC(=O)NCC(C)(O)c1cccc(F)c1. The Morgan fingerprint density at radius 1 is 1.48 bits per heavy atom. The molecule has 1 atom stereocenters. The molecule has 2 aromatic rings. The number of nitrogens with zero attached hydrogens (tertiary/aromatic N) is 1. The molecule has 2 amide bonds. The normalized spacial score (nSPS) is 13.7. The maximum absolute atomic E-state index is 13.3. The molecule has 1 aromatic heterocycles. The van der Waals surface area contributed by atoms with E-state index in [1.807, 2.05) is 13.8 Å². The second-order valence-electron chi connectivity index (χ2n) is 5.81. The van der Waals surface area contributed by atoms with E-state index in [9.17, 15) is 14.3 Å². The van der Waals surface area contributed by atoms with Crippen LogP contribution in [0.3, 0.4) is 0 Å². The minimum absolute atomic E-state index is 0.0521. The van der Waals surface area contributed by atoms with E-state index in [2.05, 4.69) is 15.6 Å². The van der Waals surface area contributed by atoms with Crippen molar-refractivity contribution in [3.63, 3.8) is 0 Å². The van der Waals surface area contributed by atoms with Crippen molar-refractivity contribution in [2.75, 3.05) is 11.9 Å². The van der Waals surface area contributed by atoms with Crippen molar-refractivity contribution in [1.29, 1.82) is 0 Å². The molecule has 5 nitrogen and oxygen atoms in total. The third-order valence-electron chi connectivity index (χ3n) is 3.39. The van der Waals surface area contributed by atoms with Crippen LogP contribution in [0.15, 0.2) is 29.8 Å². The summed E-state index contributed by atoms with van der Waals surface area (Å²) >= 11 is 1.48. The number of halogens is 1. The number of aromatic nitrogens is 1. The molecule has 7 heteroatoms. The fraction of sp³-hybridized carbons (Fsp3) is 0.375. The lowest BCUT2D eigenvalue weighted by Gasteiger charge is -2.24. The van der Waals surface area contributed by atoms with E-state index in [-0.39, 0.29) is 12.5 Å². The van der Waals surface area contributed by atoms with Crippen LogP contribution in [0.4, 0.5) is 15.0 Å². The lowest BCUT2D eigenvalue weighted by Crippen LogP contribution is -2.40. The van der Waals surface area contributed by atoms with E-state index in [1.54, 1.807) is 11.6 Å². The van der Waals surface area contributed by atoms with Gasteiger partial charge in [0.2, 0.25) is 0 Å². The van der Waals surface area contributed by atoms with Crippen LogP contribution in [0.5, 0.6) is 0 Å². The van der Waals surface area contributed by atoms with Gasteiger partial charge in [0.05, 0.1) is 16.9 Å². The number of amides is 2. The molecule has 0 aliphatic rings. The number of aliphatic hydroxyl groups is 1. The second-order valence-corrected chi connectivity index (χ2v) is 6.70. The minimum Gasteiger partial charge on any atom is -0.384 e. The Bertz CT molecular complexity index is 685. The summed E-state index contributed by atoms with van der Waals surface area (Å²) < 4.78 is 13.3. The number of hydrogen-bond donors (Lipinski definition) is 3. The molecule has 0 saturated carbocycles. The molecule has 0 saturated heterocycles. The molecular formula is C16H20FN3O2S. The number of carbonyl (C=O) groups excluding carboxylic acids is 1.